The van der Waals surface area contributed by atoms with E-state index in [4.69, 9.17) is 26.2 Å². The minimum Gasteiger partial charge on any atom is -0.493 e. The number of rotatable bonds is 9. The number of nitrogens with zero attached hydrogens (tertiary/aromatic N) is 1. The number of thiazole rings is 1. The molecule has 7 nitrogen and oxygen atoms in total. The minimum atomic E-state index is -0.974. The first-order valence-electron chi connectivity index (χ1n) is 9.13. The Morgan fingerprint density at radius 1 is 1.19 bits per heavy atom. The van der Waals surface area contributed by atoms with E-state index in [9.17, 15) is 9.59 Å². The number of carboxylic acid groups (broad SMARTS) is 1. The van der Waals surface area contributed by atoms with Crippen molar-refractivity contribution < 1.29 is 24.2 Å². The number of halogens is 1. The summed E-state index contributed by atoms with van der Waals surface area (Å²) in [7, 11) is 1.54. The summed E-state index contributed by atoms with van der Waals surface area (Å²) in [4.78, 5) is 26.9. The van der Waals surface area contributed by atoms with Gasteiger partial charge in [0.15, 0.2) is 16.6 Å². The second-order valence-corrected chi connectivity index (χ2v) is 7.66. The van der Waals surface area contributed by atoms with Gasteiger partial charge in [0.25, 0.3) is 0 Å². The van der Waals surface area contributed by atoms with Crippen LogP contribution in [0.1, 0.15) is 16.8 Å². The topological polar surface area (TPSA) is 97.8 Å². The highest BCUT2D eigenvalue weighted by atomic mass is 35.5. The fraction of sp³-hybridized carbons (Fsp3) is 0.136. The molecule has 0 fully saturated rings. The number of carbonyl (C=O) groups is 2. The van der Waals surface area contributed by atoms with Crippen LogP contribution in [0, 0.1) is 0 Å². The molecule has 2 aromatic carbocycles. The Bertz CT molecular complexity index is 1100. The van der Waals surface area contributed by atoms with Gasteiger partial charge < -0.3 is 14.6 Å². The first-order valence-corrected chi connectivity index (χ1v) is 10.4. The highest BCUT2D eigenvalue weighted by molar-refractivity contribution is 7.14. The van der Waals surface area contributed by atoms with Crippen LogP contribution in [-0.2, 0) is 22.6 Å². The number of methoxy groups -OCH3 is 1. The van der Waals surface area contributed by atoms with E-state index in [0.29, 0.717) is 34.0 Å². The number of benzene rings is 2. The average molecular weight is 459 g/mol. The van der Waals surface area contributed by atoms with Gasteiger partial charge in [-0.2, -0.15) is 0 Å². The maximum absolute atomic E-state index is 12.1. The number of anilines is 1. The van der Waals surface area contributed by atoms with E-state index >= 15 is 0 Å². The van der Waals surface area contributed by atoms with Crippen molar-refractivity contribution in [2.45, 2.75) is 13.0 Å². The molecule has 160 valence electrons. The molecule has 31 heavy (non-hydrogen) atoms. The van der Waals surface area contributed by atoms with Crippen molar-refractivity contribution in [2.75, 3.05) is 12.4 Å². The number of carboxylic acids is 1. The van der Waals surface area contributed by atoms with Crippen LogP contribution >= 0.6 is 22.9 Å². The molecule has 1 aromatic heterocycles. The smallest absolute Gasteiger partial charge is 0.309 e. The number of nitrogens with one attached hydrogen (secondary N) is 1. The largest absolute Gasteiger partial charge is 0.493 e. The van der Waals surface area contributed by atoms with Crippen molar-refractivity contribution in [3.8, 4) is 11.5 Å². The molecule has 0 aliphatic heterocycles. The van der Waals surface area contributed by atoms with Gasteiger partial charge in [-0.05, 0) is 41.5 Å². The van der Waals surface area contributed by atoms with E-state index in [-0.39, 0.29) is 12.3 Å². The van der Waals surface area contributed by atoms with E-state index in [1.807, 2.05) is 12.1 Å². The van der Waals surface area contributed by atoms with Gasteiger partial charge >= 0.3 is 5.97 Å². The predicted molar refractivity (Wildman–Crippen MR) is 120 cm³/mol. The summed E-state index contributed by atoms with van der Waals surface area (Å²) in [5, 5.41) is 14.0. The van der Waals surface area contributed by atoms with Crippen molar-refractivity contribution in [3.05, 3.63) is 75.8 Å². The van der Waals surface area contributed by atoms with Gasteiger partial charge in [0.1, 0.15) is 6.61 Å². The summed E-state index contributed by atoms with van der Waals surface area (Å²) < 4.78 is 11.2. The normalized spacial score (nSPS) is 10.8. The van der Waals surface area contributed by atoms with Gasteiger partial charge in [-0.15, -0.1) is 11.3 Å². The van der Waals surface area contributed by atoms with Crippen molar-refractivity contribution in [1.82, 2.24) is 4.98 Å². The van der Waals surface area contributed by atoms with E-state index in [0.717, 1.165) is 11.1 Å². The summed E-state index contributed by atoms with van der Waals surface area (Å²) >= 11 is 7.06. The lowest BCUT2D eigenvalue weighted by Gasteiger charge is -2.11. The Labute approximate surface area is 187 Å². The van der Waals surface area contributed by atoms with Gasteiger partial charge in [-0.3, -0.25) is 14.9 Å². The van der Waals surface area contributed by atoms with E-state index < -0.39 is 5.97 Å². The lowest BCUT2D eigenvalue weighted by atomic mass is 10.2. The zero-order valence-electron chi connectivity index (χ0n) is 16.5. The Morgan fingerprint density at radius 3 is 2.68 bits per heavy atom. The van der Waals surface area contributed by atoms with Crippen molar-refractivity contribution in [1.29, 1.82) is 0 Å². The van der Waals surface area contributed by atoms with Crippen LogP contribution in [0.25, 0.3) is 6.08 Å². The quantitative estimate of drug-likeness (QED) is 0.452. The number of hydrogen-bond donors (Lipinski definition) is 2. The molecule has 2 N–H and O–H groups in total. The molecule has 3 rings (SSSR count). The zero-order valence-corrected chi connectivity index (χ0v) is 18.1. The fourth-order valence-electron chi connectivity index (χ4n) is 2.57. The van der Waals surface area contributed by atoms with Gasteiger partial charge in [0.05, 0.1) is 19.2 Å². The van der Waals surface area contributed by atoms with E-state index in [2.05, 4.69) is 10.3 Å². The van der Waals surface area contributed by atoms with Crippen molar-refractivity contribution >= 4 is 46.0 Å². The summed E-state index contributed by atoms with van der Waals surface area (Å²) in [5.74, 6) is -0.238. The Morgan fingerprint density at radius 2 is 1.97 bits per heavy atom. The second kappa shape index (κ2) is 10.6. The van der Waals surface area contributed by atoms with Crippen molar-refractivity contribution in [2.24, 2.45) is 0 Å². The third-order valence-corrected chi connectivity index (χ3v) is 5.10. The number of aliphatic carboxylic acids is 1. The average Bonchev–Trinajstić information content (AvgIpc) is 3.18. The number of carbonyl (C=O) groups excluding carboxylic acids is 1. The Hall–Kier alpha value is -3.36. The molecule has 0 spiro atoms. The minimum absolute atomic E-state index is 0.186. The zero-order chi connectivity index (χ0) is 22.2. The molecular weight excluding hydrogens is 440 g/mol. The predicted octanol–water partition coefficient (Wildman–Crippen LogP) is 4.66. The third-order valence-electron chi connectivity index (χ3n) is 4.04. The Kier molecular flexibility index (Phi) is 7.64. The molecule has 0 unspecified atom stereocenters. The monoisotopic (exact) mass is 458 g/mol. The van der Waals surface area contributed by atoms with Crippen molar-refractivity contribution in [3.63, 3.8) is 0 Å². The number of hydrogen-bond acceptors (Lipinski definition) is 6. The third kappa shape index (κ3) is 6.84. The first-order chi connectivity index (χ1) is 14.9. The second-order valence-electron chi connectivity index (χ2n) is 6.36. The molecular formula is C22H19ClN2O5S. The molecule has 1 heterocycles. The van der Waals surface area contributed by atoms with Gasteiger partial charge in [-0.1, -0.05) is 29.8 Å². The van der Waals surface area contributed by atoms with Gasteiger partial charge in [0.2, 0.25) is 5.91 Å². The maximum atomic E-state index is 12.1. The number of amides is 1. The first kappa shape index (κ1) is 22.3. The molecule has 0 atom stereocenters. The number of ether oxygens (including phenoxy) is 2. The molecule has 1 amide bonds. The summed E-state index contributed by atoms with van der Waals surface area (Å²) in [6.07, 6.45) is 2.81. The Balaban J connectivity index is 1.59. The SMILES string of the molecule is COc1cc(/C=C/C(=O)Nc2nc(CC(=O)O)cs2)ccc1OCc1ccc(Cl)cc1. The summed E-state index contributed by atoms with van der Waals surface area (Å²) in [6, 6.07) is 12.7. The van der Waals surface area contributed by atoms with Crippen LogP contribution < -0.4 is 14.8 Å². The van der Waals surface area contributed by atoms with Crippen LogP contribution in [0.4, 0.5) is 5.13 Å². The fourth-order valence-corrected chi connectivity index (χ4v) is 3.41. The lowest BCUT2D eigenvalue weighted by Crippen LogP contribution is -2.08. The van der Waals surface area contributed by atoms with Gasteiger partial charge in [-0.25, -0.2) is 4.98 Å². The summed E-state index contributed by atoms with van der Waals surface area (Å²) in [5.41, 5.74) is 2.12. The summed E-state index contributed by atoms with van der Waals surface area (Å²) in [6.45, 7) is 0.364. The molecule has 0 aliphatic carbocycles. The molecule has 3 aromatic rings. The molecule has 0 bridgehead atoms. The standard InChI is InChI=1S/C22H19ClN2O5S/c1-29-19-10-14(4-8-18(19)30-12-15-2-6-16(23)7-3-15)5-9-20(26)25-22-24-17(13-31-22)11-21(27)28/h2-10,13H,11-12H2,1H3,(H,27,28)(H,24,25,26)/b9-5+. The molecule has 0 saturated heterocycles. The van der Waals surface area contributed by atoms with Gasteiger partial charge in [0, 0.05) is 16.5 Å². The van der Waals surface area contributed by atoms with E-state index in [1.165, 1.54) is 17.4 Å². The highest BCUT2D eigenvalue weighted by Gasteiger charge is 2.08. The lowest BCUT2D eigenvalue weighted by molar-refractivity contribution is -0.136. The van der Waals surface area contributed by atoms with Crippen LogP contribution in [-0.4, -0.2) is 29.1 Å². The van der Waals surface area contributed by atoms with E-state index in [1.54, 1.807) is 48.9 Å². The number of aromatic nitrogens is 1. The highest BCUT2D eigenvalue weighted by Crippen LogP contribution is 2.29. The van der Waals surface area contributed by atoms with Crippen LogP contribution in [0.5, 0.6) is 11.5 Å². The van der Waals surface area contributed by atoms with Crippen LogP contribution in [0.2, 0.25) is 5.02 Å². The van der Waals surface area contributed by atoms with Crippen LogP contribution in [0.3, 0.4) is 0 Å². The van der Waals surface area contributed by atoms with Crippen LogP contribution in [0.15, 0.2) is 53.9 Å². The molecule has 0 aliphatic rings. The maximum Gasteiger partial charge on any atom is 0.309 e. The molecule has 0 saturated carbocycles. The molecule has 0 radical (unpaired) electrons. The molecule has 9 heteroatoms.